The summed E-state index contributed by atoms with van der Waals surface area (Å²) in [5.41, 5.74) is 3.51. The third-order valence-corrected chi connectivity index (χ3v) is 8.75. The predicted molar refractivity (Wildman–Crippen MR) is 166 cm³/mol. The zero-order chi connectivity index (χ0) is 25.1. The van der Waals surface area contributed by atoms with Gasteiger partial charge in [-0.15, -0.1) is 11.3 Å². The quantitative estimate of drug-likeness (QED) is 0.211. The molecule has 0 bridgehead atoms. The molecule has 1 nitrogen and oxygen atoms in total. The Hall–Kier alpha value is -4.66. The van der Waals surface area contributed by atoms with Crippen LogP contribution >= 0.6 is 11.3 Å². The maximum absolute atomic E-state index is 2.43. The van der Waals surface area contributed by atoms with E-state index >= 15 is 0 Å². The van der Waals surface area contributed by atoms with E-state index in [1.807, 2.05) is 11.3 Å². The number of benzene rings is 6. The minimum atomic E-state index is 1.15. The third-order valence-electron chi connectivity index (χ3n) is 7.62. The number of hydrogen-bond donors (Lipinski definition) is 0. The fraction of sp³-hybridized carbons (Fsp3) is 0. The van der Waals surface area contributed by atoms with Gasteiger partial charge in [0.1, 0.15) is 0 Å². The van der Waals surface area contributed by atoms with E-state index in [0.717, 1.165) is 5.69 Å². The molecule has 2 aromatic heterocycles. The largest absolute Gasteiger partial charge is 0.309 e. The van der Waals surface area contributed by atoms with E-state index in [9.17, 15) is 0 Å². The van der Waals surface area contributed by atoms with Crippen LogP contribution in [0.4, 0.5) is 0 Å². The van der Waals surface area contributed by atoms with E-state index in [1.54, 1.807) is 0 Å². The van der Waals surface area contributed by atoms with Crippen LogP contribution in [0.3, 0.4) is 0 Å². The highest BCUT2D eigenvalue weighted by Crippen LogP contribution is 2.40. The highest BCUT2D eigenvalue weighted by atomic mass is 32.1. The van der Waals surface area contributed by atoms with Gasteiger partial charge in [-0.05, 0) is 64.0 Å². The summed E-state index contributed by atoms with van der Waals surface area (Å²) in [6.07, 6.45) is 0. The molecule has 0 aliphatic heterocycles. The maximum atomic E-state index is 2.43. The maximum Gasteiger partial charge on any atom is 0.0540 e. The van der Waals surface area contributed by atoms with E-state index in [1.165, 1.54) is 63.5 Å². The van der Waals surface area contributed by atoms with Gasteiger partial charge in [0, 0.05) is 36.6 Å². The highest BCUT2D eigenvalue weighted by molar-refractivity contribution is 7.25. The van der Waals surface area contributed by atoms with Crippen molar-refractivity contribution in [1.29, 1.82) is 0 Å². The Kier molecular flexibility index (Phi) is 4.76. The minimum Gasteiger partial charge on any atom is -0.309 e. The van der Waals surface area contributed by atoms with Gasteiger partial charge in [-0.2, -0.15) is 0 Å². The van der Waals surface area contributed by atoms with Crippen LogP contribution in [0, 0.1) is 0 Å². The molecule has 0 fully saturated rings. The van der Waals surface area contributed by atoms with Crippen LogP contribution in [0.15, 0.2) is 140 Å². The van der Waals surface area contributed by atoms with Gasteiger partial charge in [-0.25, -0.2) is 0 Å². The van der Waals surface area contributed by atoms with Crippen molar-refractivity contribution in [3.8, 4) is 5.69 Å². The van der Waals surface area contributed by atoms with Gasteiger partial charge < -0.3 is 4.57 Å². The number of para-hydroxylation sites is 3. The van der Waals surface area contributed by atoms with Gasteiger partial charge in [0.2, 0.25) is 0 Å². The first-order chi connectivity index (χ1) is 18.9. The van der Waals surface area contributed by atoms with Crippen LogP contribution in [-0.2, 0) is 0 Å². The van der Waals surface area contributed by atoms with E-state index in [-0.39, 0.29) is 0 Å². The van der Waals surface area contributed by atoms with Gasteiger partial charge in [-0.3, -0.25) is 0 Å². The molecule has 8 rings (SSSR count). The third kappa shape index (κ3) is 3.17. The van der Waals surface area contributed by atoms with Crippen molar-refractivity contribution in [2.24, 2.45) is 0 Å². The number of rotatable bonds is 1. The number of fused-ring (bicyclic) bond motifs is 10. The first kappa shape index (κ1) is 21.4. The molecule has 2 heteroatoms. The first-order valence-corrected chi connectivity index (χ1v) is 13.8. The number of thiophene rings is 1. The Morgan fingerprint density at radius 3 is 1.55 bits per heavy atom. The first-order valence-electron chi connectivity index (χ1n) is 13.0. The molecule has 0 amide bonds. The zero-order valence-electron chi connectivity index (χ0n) is 20.6. The second-order valence-corrected chi connectivity index (χ2v) is 10.8. The molecule has 0 atom stereocenters. The fourth-order valence-electron chi connectivity index (χ4n) is 5.95. The summed E-state index contributed by atoms with van der Waals surface area (Å²) < 4.78 is 5.07. The van der Waals surface area contributed by atoms with Crippen molar-refractivity contribution >= 4 is 74.9 Å². The van der Waals surface area contributed by atoms with E-state index in [4.69, 9.17) is 0 Å². The van der Waals surface area contributed by atoms with Crippen molar-refractivity contribution in [2.45, 2.75) is 0 Å². The second kappa shape index (κ2) is 8.44. The fourth-order valence-corrected chi connectivity index (χ4v) is 7.07. The molecule has 0 unspecified atom stereocenters. The lowest BCUT2D eigenvalue weighted by molar-refractivity contribution is 1.17. The van der Waals surface area contributed by atoms with Gasteiger partial charge in [0.15, 0.2) is 0 Å². The van der Waals surface area contributed by atoms with Crippen LogP contribution in [0.5, 0.6) is 0 Å². The normalized spacial score (nSPS) is 11.7. The molecule has 0 saturated carbocycles. The molecule has 0 N–H and O–H groups in total. The highest BCUT2D eigenvalue weighted by Gasteiger charge is 2.13. The van der Waals surface area contributed by atoms with Crippen LogP contribution in [0.25, 0.3) is 69.2 Å². The van der Waals surface area contributed by atoms with Crippen molar-refractivity contribution < 1.29 is 0 Å². The Morgan fingerprint density at radius 2 is 0.842 bits per heavy atom. The lowest BCUT2D eigenvalue weighted by atomic mass is 9.99. The van der Waals surface area contributed by atoms with Crippen LogP contribution in [0.2, 0.25) is 0 Å². The smallest absolute Gasteiger partial charge is 0.0540 e. The van der Waals surface area contributed by atoms with Crippen molar-refractivity contribution in [2.75, 3.05) is 0 Å². The van der Waals surface area contributed by atoms with Gasteiger partial charge >= 0.3 is 0 Å². The van der Waals surface area contributed by atoms with Gasteiger partial charge in [0.25, 0.3) is 0 Å². The molecule has 8 aromatic rings. The van der Waals surface area contributed by atoms with Crippen LogP contribution in [0.1, 0.15) is 0 Å². The molecule has 178 valence electrons. The Morgan fingerprint density at radius 1 is 0.342 bits per heavy atom. The number of aromatic nitrogens is 1. The van der Waals surface area contributed by atoms with E-state index < -0.39 is 0 Å². The summed E-state index contributed by atoms with van der Waals surface area (Å²) >= 11 is 1.88. The summed E-state index contributed by atoms with van der Waals surface area (Å²) in [7, 11) is 0. The summed E-state index contributed by atoms with van der Waals surface area (Å²) in [6, 6.07) is 50.9. The lowest BCUT2D eigenvalue weighted by Gasteiger charge is -2.13. The Bertz CT molecular complexity index is 2230. The van der Waals surface area contributed by atoms with Crippen molar-refractivity contribution in [1.82, 2.24) is 4.57 Å². The summed E-state index contributed by atoms with van der Waals surface area (Å²) in [4.78, 5) is 0. The average molecular weight is 502 g/mol. The summed E-state index contributed by atoms with van der Waals surface area (Å²) in [6.45, 7) is 0. The molecule has 0 aliphatic carbocycles. The van der Waals surface area contributed by atoms with Crippen LogP contribution in [-0.4, -0.2) is 4.57 Å². The Balaban J connectivity index is 1.76. The summed E-state index contributed by atoms with van der Waals surface area (Å²) in [5.74, 6) is 0. The molecule has 0 spiro atoms. The van der Waals surface area contributed by atoms with E-state index in [0.29, 0.717) is 0 Å². The lowest BCUT2D eigenvalue weighted by Crippen LogP contribution is -1.97. The van der Waals surface area contributed by atoms with Crippen LogP contribution < -0.4 is 0 Å². The minimum absolute atomic E-state index is 1.15. The zero-order valence-corrected chi connectivity index (χ0v) is 21.5. The second-order valence-electron chi connectivity index (χ2n) is 9.74. The number of hydrogen-bond acceptors (Lipinski definition) is 1. The van der Waals surface area contributed by atoms with Gasteiger partial charge in [-0.1, -0.05) is 97.1 Å². The SMILES string of the molecule is c1ccc(-n2c3ccccc3c3ccccc3c3cc4c(cc3c3ccccc32)sc2ccccc24)cc1. The predicted octanol–water partition coefficient (Wildman–Crippen LogP) is 10.6. The van der Waals surface area contributed by atoms with Crippen molar-refractivity contribution in [3.05, 3.63) is 140 Å². The average Bonchev–Trinajstić information content (AvgIpc) is 3.36. The molecule has 38 heavy (non-hydrogen) atoms. The molecule has 0 radical (unpaired) electrons. The molecule has 6 aromatic carbocycles. The standard InChI is InChI=1S/C36H23NS/c1-2-12-24(13-3-1)37-33-19-9-6-16-27(33)25-14-4-5-15-26(25)30-22-32-29-18-8-11-21-35(29)38-36(32)23-31(30)28-17-7-10-20-34(28)37/h1-23H. The topological polar surface area (TPSA) is 4.93 Å². The number of nitrogens with zero attached hydrogens (tertiary/aromatic N) is 1. The molecule has 0 aliphatic rings. The molecule has 2 heterocycles. The molecule has 0 saturated heterocycles. The van der Waals surface area contributed by atoms with Gasteiger partial charge in [0.05, 0.1) is 11.0 Å². The molecular weight excluding hydrogens is 478 g/mol. The Labute approximate surface area is 224 Å². The molecular formula is C36H23NS. The summed E-state index contributed by atoms with van der Waals surface area (Å²) in [5, 5.41) is 10.2. The van der Waals surface area contributed by atoms with E-state index in [2.05, 4.69) is 144 Å². The monoisotopic (exact) mass is 501 g/mol. The van der Waals surface area contributed by atoms with Crippen molar-refractivity contribution in [3.63, 3.8) is 0 Å².